The normalized spacial score (nSPS) is 23.6. The van der Waals surface area contributed by atoms with Gasteiger partial charge in [0.05, 0.1) is 28.4 Å². The maximum absolute atomic E-state index is 13.3. The van der Waals surface area contributed by atoms with E-state index in [4.69, 9.17) is 21.6 Å². The van der Waals surface area contributed by atoms with Crippen LogP contribution in [0.5, 0.6) is 5.75 Å². The Morgan fingerprint density at radius 1 is 1.22 bits per heavy atom. The lowest BCUT2D eigenvalue weighted by Crippen LogP contribution is -2.55. The predicted molar refractivity (Wildman–Crippen MR) is 111 cm³/mol. The number of hydrogen-bond donors (Lipinski definition) is 0. The van der Waals surface area contributed by atoms with Crippen molar-refractivity contribution in [2.45, 2.75) is 31.5 Å². The molecule has 162 valence electrons. The van der Waals surface area contributed by atoms with E-state index >= 15 is 0 Å². The third-order valence-corrected chi connectivity index (χ3v) is 6.72. The molecule has 2 aromatic rings. The second-order valence-corrected chi connectivity index (χ2v) is 8.30. The number of hydrogen-bond acceptors (Lipinski definition) is 5. The van der Waals surface area contributed by atoms with Gasteiger partial charge >= 0.3 is 12.1 Å². The molecule has 8 nitrogen and oxygen atoms in total. The zero-order valence-corrected chi connectivity index (χ0v) is 17.5. The van der Waals surface area contributed by atoms with Gasteiger partial charge in [0.1, 0.15) is 23.7 Å². The maximum Gasteiger partial charge on any atom is 0.415 e. The molecule has 2 aromatic carbocycles. The number of urea groups is 1. The quantitative estimate of drug-likeness (QED) is 0.648. The molecule has 3 saturated heterocycles. The van der Waals surface area contributed by atoms with Crippen molar-refractivity contribution in [3.05, 3.63) is 58.4 Å². The Hall–Kier alpha value is -3.64. The number of fused-ring (bicyclic) bond motifs is 5. The van der Waals surface area contributed by atoms with E-state index in [-0.39, 0.29) is 28.9 Å². The summed E-state index contributed by atoms with van der Waals surface area (Å²) in [7, 11) is 0. The van der Waals surface area contributed by atoms with Gasteiger partial charge in [-0.2, -0.15) is 5.26 Å². The molecule has 0 N–H and O–H groups in total. The second kappa shape index (κ2) is 7.21. The van der Waals surface area contributed by atoms with Crippen molar-refractivity contribution in [1.29, 1.82) is 5.26 Å². The van der Waals surface area contributed by atoms with Gasteiger partial charge in [-0.1, -0.05) is 11.6 Å². The molecule has 0 saturated carbocycles. The fraction of sp³-hybridized carbons (Fsp3) is 0.273. The smallest absolute Gasteiger partial charge is 0.410 e. The Labute approximate surface area is 187 Å². The minimum absolute atomic E-state index is 0.185. The molecular formula is C22H16ClFN4O4. The van der Waals surface area contributed by atoms with E-state index in [9.17, 15) is 18.8 Å². The van der Waals surface area contributed by atoms with Gasteiger partial charge in [-0.3, -0.25) is 4.79 Å². The van der Waals surface area contributed by atoms with Crippen molar-refractivity contribution >= 4 is 35.3 Å². The van der Waals surface area contributed by atoms with Crippen molar-refractivity contribution in [1.82, 2.24) is 9.80 Å². The largest absolute Gasteiger partial charge is 0.415 e. The summed E-state index contributed by atoms with van der Waals surface area (Å²) in [5.41, 5.74) is 1.02. The highest BCUT2D eigenvalue weighted by Crippen LogP contribution is 2.43. The number of imide groups is 1. The van der Waals surface area contributed by atoms with E-state index in [2.05, 4.69) is 0 Å². The Morgan fingerprint density at radius 3 is 2.62 bits per heavy atom. The number of anilines is 1. The molecule has 10 heteroatoms. The minimum atomic E-state index is -0.823. The first-order chi connectivity index (χ1) is 15.3. The Bertz CT molecular complexity index is 1210. The lowest BCUT2D eigenvalue weighted by molar-refractivity contribution is -0.121. The Morgan fingerprint density at radius 2 is 1.94 bits per heavy atom. The second-order valence-electron chi connectivity index (χ2n) is 7.92. The van der Waals surface area contributed by atoms with Gasteiger partial charge in [-0.15, -0.1) is 0 Å². The van der Waals surface area contributed by atoms with E-state index in [0.29, 0.717) is 17.7 Å². The summed E-state index contributed by atoms with van der Waals surface area (Å²) in [4.78, 5) is 43.2. The van der Waals surface area contributed by atoms with E-state index in [1.165, 1.54) is 46.2 Å². The van der Waals surface area contributed by atoms with Crippen LogP contribution in [-0.2, 0) is 4.79 Å². The van der Waals surface area contributed by atoms with Gasteiger partial charge in [-0.05, 0) is 55.3 Å². The van der Waals surface area contributed by atoms with Gasteiger partial charge in [0.15, 0.2) is 0 Å². The molecule has 2 bridgehead atoms. The highest BCUT2D eigenvalue weighted by atomic mass is 35.5. The fourth-order valence-corrected chi connectivity index (χ4v) is 4.96. The number of carbonyl (C=O) groups excluding carboxylic acids is 3. The fourth-order valence-electron chi connectivity index (χ4n) is 4.75. The predicted octanol–water partition coefficient (Wildman–Crippen LogP) is 3.45. The highest BCUT2D eigenvalue weighted by molar-refractivity contribution is 6.33. The molecule has 3 aliphatic heterocycles. The van der Waals surface area contributed by atoms with Gasteiger partial charge in [-0.25, -0.2) is 18.9 Å². The first kappa shape index (κ1) is 20.3. The molecule has 5 rings (SSSR count). The molecule has 32 heavy (non-hydrogen) atoms. The molecule has 3 atom stereocenters. The van der Waals surface area contributed by atoms with Crippen LogP contribution in [0.3, 0.4) is 0 Å². The van der Waals surface area contributed by atoms with Crippen molar-refractivity contribution < 1.29 is 23.5 Å². The Balaban J connectivity index is 1.40. The highest BCUT2D eigenvalue weighted by Gasteiger charge is 2.63. The number of amides is 4. The first-order valence-corrected chi connectivity index (χ1v) is 10.3. The number of rotatable bonds is 2. The Kier molecular flexibility index (Phi) is 4.57. The van der Waals surface area contributed by atoms with Crippen LogP contribution in [0.15, 0.2) is 36.4 Å². The van der Waals surface area contributed by atoms with Gasteiger partial charge < -0.3 is 14.5 Å². The number of likely N-dealkylation sites (tertiary alicyclic amines) is 1. The van der Waals surface area contributed by atoms with Crippen molar-refractivity contribution in [3.63, 3.8) is 0 Å². The van der Waals surface area contributed by atoms with Gasteiger partial charge in [0.2, 0.25) is 0 Å². The molecule has 3 aliphatic rings. The minimum Gasteiger partial charge on any atom is -0.410 e. The number of halogens is 2. The summed E-state index contributed by atoms with van der Waals surface area (Å²) in [6, 6.07) is 7.89. The number of piperazine rings is 1. The number of ether oxygens (including phenoxy) is 1. The van der Waals surface area contributed by atoms with E-state index in [1.807, 2.05) is 6.07 Å². The third kappa shape index (κ3) is 2.83. The van der Waals surface area contributed by atoms with Crippen LogP contribution < -0.4 is 9.64 Å². The topological polar surface area (TPSA) is 94.0 Å². The molecule has 0 spiro atoms. The first-order valence-electron chi connectivity index (χ1n) is 9.91. The van der Waals surface area contributed by atoms with Crippen LogP contribution in [0.4, 0.5) is 19.7 Å². The number of carbonyl (C=O) groups is 3. The molecular weight excluding hydrogens is 439 g/mol. The lowest BCUT2D eigenvalue weighted by atomic mass is 10.1. The maximum atomic E-state index is 13.3. The zero-order valence-electron chi connectivity index (χ0n) is 16.8. The molecule has 0 aliphatic carbocycles. The van der Waals surface area contributed by atoms with Crippen LogP contribution in [0, 0.1) is 24.1 Å². The third-order valence-electron chi connectivity index (χ3n) is 6.24. The van der Waals surface area contributed by atoms with Gasteiger partial charge in [0.25, 0.3) is 5.91 Å². The summed E-state index contributed by atoms with van der Waals surface area (Å²) < 4.78 is 18.4. The molecule has 3 heterocycles. The van der Waals surface area contributed by atoms with Crippen LogP contribution in [0.2, 0.25) is 5.02 Å². The van der Waals surface area contributed by atoms with Crippen LogP contribution in [-0.4, -0.2) is 52.5 Å². The summed E-state index contributed by atoms with van der Waals surface area (Å²) in [5, 5.41) is 9.34. The SMILES string of the molecule is Cc1c(N2C(=O)[C@H]3C4C[C@H](CN4C(=O)Oc4ccc(F)cc4)N3C2=O)ccc(C#N)c1Cl. The van der Waals surface area contributed by atoms with Crippen LogP contribution >= 0.6 is 11.6 Å². The average molecular weight is 455 g/mol. The monoisotopic (exact) mass is 454 g/mol. The average Bonchev–Trinajstić information content (AvgIpc) is 3.44. The van der Waals surface area contributed by atoms with E-state index in [1.54, 1.807) is 6.92 Å². The van der Waals surface area contributed by atoms with Crippen molar-refractivity contribution in [2.75, 3.05) is 11.4 Å². The number of nitrogens with zero attached hydrogens (tertiary/aromatic N) is 4. The van der Waals surface area contributed by atoms with Gasteiger partial charge in [0, 0.05) is 6.54 Å². The molecule has 0 radical (unpaired) electrons. The summed E-state index contributed by atoms with van der Waals surface area (Å²) in [6.45, 7) is 1.88. The lowest BCUT2D eigenvalue weighted by Gasteiger charge is -2.34. The number of nitriles is 1. The summed E-state index contributed by atoms with van der Waals surface area (Å²) in [5.74, 6) is -0.714. The van der Waals surface area contributed by atoms with Crippen molar-refractivity contribution in [2.24, 2.45) is 0 Å². The number of benzene rings is 2. The molecule has 0 aromatic heterocycles. The molecule has 3 fully saturated rings. The molecule has 4 amide bonds. The van der Waals surface area contributed by atoms with E-state index < -0.39 is 35.9 Å². The standard InChI is InChI=1S/C22H16ClFN4O4/c1-11-16(7-2-12(9-25)18(11)23)28-20(29)19-17-8-14(27(19)21(28)30)10-26(17)22(31)32-15-5-3-13(24)4-6-15/h2-7,14,17,19H,8,10H2,1H3/t14-,17?,19-/m1/s1. The van der Waals surface area contributed by atoms with E-state index in [0.717, 1.165) is 4.90 Å². The molecule has 1 unspecified atom stereocenters. The summed E-state index contributed by atoms with van der Waals surface area (Å²) in [6.07, 6.45) is -0.179. The van der Waals surface area contributed by atoms with Crippen LogP contribution in [0.25, 0.3) is 0 Å². The van der Waals surface area contributed by atoms with Crippen LogP contribution in [0.1, 0.15) is 17.5 Å². The summed E-state index contributed by atoms with van der Waals surface area (Å²) >= 11 is 6.24. The zero-order chi connectivity index (χ0) is 22.7. The van der Waals surface area contributed by atoms with Crippen molar-refractivity contribution in [3.8, 4) is 11.8 Å².